The molecule has 0 aromatic rings. The summed E-state index contributed by atoms with van der Waals surface area (Å²) in [6.07, 6.45) is 1.42. The highest BCUT2D eigenvalue weighted by Crippen LogP contribution is 2.31. The number of piperidine rings is 1. The predicted octanol–water partition coefficient (Wildman–Crippen LogP) is 0.557. The molecule has 3 nitrogen and oxygen atoms in total. The van der Waals surface area contributed by atoms with Crippen LogP contribution in [0, 0.1) is 0 Å². The maximum atomic E-state index is 11.3. The van der Waals surface area contributed by atoms with E-state index in [0.29, 0.717) is 12.8 Å². The van der Waals surface area contributed by atoms with Crippen LogP contribution in [-0.2, 0) is 4.79 Å². The molecule has 1 aliphatic heterocycles. The van der Waals surface area contributed by atoms with Crippen molar-refractivity contribution in [2.45, 2.75) is 18.4 Å². The number of carbonyl (C=O) groups excluding carboxylic acids is 1. The fourth-order valence-corrected chi connectivity index (χ4v) is 2.40. The van der Waals surface area contributed by atoms with Gasteiger partial charge in [0.1, 0.15) is 5.54 Å². The zero-order chi connectivity index (χ0) is 9.19. The van der Waals surface area contributed by atoms with Crippen LogP contribution < -0.4 is 5.32 Å². The lowest BCUT2D eigenvalue weighted by atomic mass is 9.91. The Balaban J connectivity index is 2.77. The molecule has 0 atom stereocenters. The quantitative estimate of drug-likeness (QED) is 0.517. The second-order valence-corrected chi connectivity index (χ2v) is 4.40. The molecule has 0 aliphatic carbocycles. The standard InChI is InChI=1S/C6H12N2OS3/c9-5(10)6(8(11)12)1-3-7-4-2-6/h7,11-12H,1-4H2,(H,9,10). The Morgan fingerprint density at radius 1 is 1.33 bits per heavy atom. The van der Waals surface area contributed by atoms with E-state index in [1.54, 1.807) is 0 Å². The van der Waals surface area contributed by atoms with Crippen molar-refractivity contribution in [3.63, 3.8) is 0 Å². The van der Waals surface area contributed by atoms with Gasteiger partial charge in [-0.25, -0.2) is 0 Å². The second-order valence-electron chi connectivity index (χ2n) is 2.88. The summed E-state index contributed by atoms with van der Waals surface area (Å²) >= 11 is 12.0. The first-order valence-corrected chi connectivity index (χ1v) is 4.96. The second kappa shape index (κ2) is 4.23. The van der Waals surface area contributed by atoms with Gasteiger partial charge in [0, 0.05) is 0 Å². The molecule has 0 aromatic heterocycles. The minimum atomic E-state index is -0.597. The Morgan fingerprint density at radius 3 is 2.08 bits per heavy atom. The summed E-state index contributed by atoms with van der Waals surface area (Å²) in [6.45, 7) is 1.62. The number of carbonyl (C=O) groups is 1. The number of nitrogens with one attached hydrogen (secondary N) is 1. The largest absolute Gasteiger partial charge is 0.317 e. The number of hydrogen-bond donors (Lipinski definition) is 4. The molecule has 0 amide bonds. The minimum absolute atomic E-state index is 0.158. The Hall–Kier alpha value is 0.640. The van der Waals surface area contributed by atoms with E-state index < -0.39 is 5.54 Å². The summed E-state index contributed by atoms with van der Waals surface area (Å²) in [6, 6.07) is 0. The summed E-state index contributed by atoms with van der Waals surface area (Å²) in [5, 5.41) is 3.01. The molecule has 1 aliphatic rings. The van der Waals surface area contributed by atoms with Gasteiger partial charge >= 0.3 is 0 Å². The first kappa shape index (κ1) is 10.7. The molecule has 12 heavy (non-hydrogen) atoms. The van der Waals surface area contributed by atoms with Crippen LogP contribution >= 0.6 is 38.3 Å². The maximum Gasteiger partial charge on any atom is 0.208 e. The molecular formula is C6H12N2OS3. The average molecular weight is 224 g/mol. The Kier molecular flexibility index (Phi) is 3.78. The third-order valence-corrected chi connectivity index (χ3v) is 3.39. The van der Waals surface area contributed by atoms with E-state index in [1.165, 1.54) is 3.71 Å². The van der Waals surface area contributed by atoms with E-state index in [0.717, 1.165) is 13.1 Å². The third-order valence-electron chi connectivity index (χ3n) is 2.21. The van der Waals surface area contributed by atoms with Crippen molar-refractivity contribution in [3.8, 4) is 0 Å². The van der Waals surface area contributed by atoms with Crippen LogP contribution in [0.5, 0.6) is 0 Å². The summed E-state index contributed by atoms with van der Waals surface area (Å²) in [4.78, 5) is 11.3. The van der Waals surface area contributed by atoms with Gasteiger partial charge in [-0.15, -0.1) is 12.6 Å². The molecule has 1 saturated heterocycles. The van der Waals surface area contributed by atoms with Gasteiger partial charge in [-0.3, -0.25) is 4.79 Å². The van der Waals surface area contributed by atoms with Gasteiger partial charge < -0.3 is 5.32 Å². The molecule has 1 fully saturated rings. The van der Waals surface area contributed by atoms with Crippen LogP contribution in [0.4, 0.5) is 0 Å². The molecule has 0 saturated carbocycles. The fourth-order valence-electron chi connectivity index (χ4n) is 1.34. The van der Waals surface area contributed by atoms with E-state index in [2.05, 4.69) is 43.6 Å². The lowest BCUT2D eigenvalue weighted by Crippen LogP contribution is -2.52. The smallest absolute Gasteiger partial charge is 0.208 e. The fraction of sp³-hybridized carbons (Fsp3) is 0.833. The highest BCUT2D eigenvalue weighted by molar-refractivity contribution is 7.97. The lowest BCUT2D eigenvalue weighted by molar-refractivity contribution is -0.118. The molecule has 0 bridgehead atoms. The van der Waals surface area contributed by atoms with Gasteiger partial charge in [0.15, 0.2) is 0 Å². The molecule has 1 N–H and O–H groups in total. The topological polar surface area (TPSA) is 32.3 Å². The van der Waals surface area contributed by atoms with Crippen LogP contribution in [0.2, 0.25) is 0 Å². The minimum Gasteiger partial charge on any atom is -0.317 e. The summed E-state index contributed by atoms with van der Waals surface area (Å²) in [5.74, 6) is 0. The van der Waals surface area contributed by atoms with Crippen LogP contribution in [0.15, 0.2) is 0 Å². The monoisotopic (exact) mass is 224 g/mol. The number of nitrogens with zero attached hydrogens (tertiary/aromatic N) is 1. The molecular weight excluding hydrogens is 212 g/mol. The average Bonchev–Trinajstić information content (AvgIpc) is 2.05. The van der Waals surface area contributed by atoms with E-state index in [4.69, 9.17) is 0 Å². The van der Waals surface area contributed by atoms with Crippen molar-refractivity contribution in [1.29, 1.82) is 0 Å². The van der Waals surface area contributed by atoms with E-state index >= 15 is 0 Å². The van der Waals surface area contributed by atoms with Crippen molar-refractivity contribution < 1.29 is 4.79 Å². The van der Waals surface area contributed by atoms with Gasteiger partial charge in [-0.2, -0.15) is 3.71 Å². The summed E-state index contributed by atoms with van der Waals surface area (Å²) in [5.41, 5.74) is -0.597. The SMILES string of the molecule is O=C(S)C1(N(S)S)CCNCC1. The zero-order valence-corrected chi connectivity index (χ0v) is 9.21. The van der Waals surface area contributed by atoms with Crippen LogP contribution in [-0.4, -0.2) is 27.5 Å². The molecule has 0 unspecified atom stereocenters. The van der Waals surface area contributed by atoms with Gasteiger partial charge in [0.25, 0.3) is 0 Å². The van der Waals surface area contributed by atoms with Gasteiger partial charge in [-0.1, -0.05) is 25.6 Å². The predicted molar refractivity (Wildman–Crippen MR) is 58.6 cm³/mol. The molecule has 0 spiro atoms. The van der Waals surface area contributed by atoms with Gasteiger partial charge in [-0.05, 0) is 25.9 Å². The number of thiol groups is 3. The molecule has 0 aromatic carbocycles. The molecule has 1 heterocycles. The van der Waals surface area contributed by atoms with Crippen LogP contribution in [0.1, 0.15) is 12.8 Å². The van der Waals surface area contributed by atoms with Gasteiger partial charge in [0.05, 0.1) is 0 Å². The van der Waals surface area contributed by atoms with E-state index in [-0.39, 0.29) is 5.12 Å². The summed E-state index contributed by atoms with van der Waals surface area (Å²) < 4.78 is 1.38. The first-order chi connectivity index (χ1) is 5.59. The summed E-state index contributed by atoms with van der Waals surface area (Å²) in [7, 11) is 0. The Bertz CT molecular complexity index is 180. The van der Waals surface area contributed by atoms with Crippen LogP contribution in [0.25, 0.3) is 0 Å². The molecule has 6 heteroatoms. The van der Waals surface area contributed by atoms with E-state index in [9.17, 15) is 4.79 Å². The van der Waals surface area contributed by atoms with Gasteiger partial charge in [0.2, 0.25) is 5.12 Å². The first-order valence-electron chi connectivity index (χ1n) is 3.72. The Morgan fingerprint density at radius 2 is 1.83 bits per heavy atom. The van der Waals surface area contributed by atoms with Crippen molar-refractivity contribution in [1.82, 2.24) is 9.03 Å². The molecule has 1 rings (SSSR count). The van der Waals surface area contributed by atoms with Crippen molar-refractivity contribution in [3.05, 3.63) is 0 Å². The third kappa shape index (κ3) is 1.93. The highest BCUT2D eigenvalue weighted by Gasteiger charge is 2.41. The number of rotatable bonds is 2. The highest BCUT2D eigenvalue weighted by atomic mass is 32.2. The lowest BCUT2D eigenvalue weighted by Gasteiger charge is -2.38. The zero-order valence-electron chi connectivity index (χ0n) is 6.53. The molecule has 70 valence electrons. The van der Waals surface area contributed by atoms with Crippen LogP contribution in [0.3, 0.4) is 0 Å². The van der Waals surface area contributed by atoms with Crippen molar-refractivity contribution >= 4 is 43.4 Å². The normalized spacial score (nSPS) is 22.7. The van der Waals surface area contributed by atoms with Crippen molar-refractivity contribution in [2.75, 3.05) is 13.1 Å². The molecule has 0 radical (unpaired) electrons. The Labute approximate surface area is 88.8 Å². The van der Waals surface area contributed by atoms with E-state index in [1.807, 2.05) is 0 Å². The maximum absolute atomic E-state index is 11.3. The number of hydrogen-bond acceptors (Lipinski definition) is 5. The van der Waals surface area contributed by atoms with Crippen molar-refractivity contribution in [2.24, 2.45) is 0 Å².